The van der Waals surface area contributed by atoms with Crippen LogP contribution in [0.3, 0.4) is 0 Å². The summed E-state index contributed by atoms with van der Waals surface area (Å²) in [7, 11) is 0. The highest BCUT2D eigenvalue weighted by Crippen LogP contribution is 2.27. The van der Waals surface area contributed by atoms with Crippen LogP contribution in [0.15, 0.2) is 18.2 Å². The maximum absolute atomic E-state index is 10.6. The van der Waals surface area contributed by atoms with Gasteiger partial charge in [0.25, 0.3) is 0 Å². The van der Waals surface area contributed by atoms with Crippen LogP contribution in [0.5, 0.6) is 0 Å². The molecule has 0 spiro atoms. The topological polar surface area (TPSA) is 17.1 Å². The van der Waals surface area contributed by atoms with Gasteiger partial charge >= 0.3 is 0 Å². The molecule has 0 N–H and O–H groups in total. The van der Waals surface area contributed by atoms with Crippen molar-refractivity contribution in [3.05, 3.63) is 34.9 Å². The van der Waals surface area contributed by atoms with E-state index in [1.807, 2.05) is 6.29 Å². The van der Waals surface area contributed by atoms with E-state index in [0.29, 0.717) is 18.3 Å². The van der Waals surface area contributed by atoms with E-state index in [0.717, 1.165) is 0 Å². The molecule has 0 saturated carbocycles. The molecule has 0 aromatic heterocycles. The Kier molecular flexibility index (Phi) is 4.07. The van der Waals surface area contributed by atoms with Crippen LogP contribution < -0.4 is 0 Å². The van der Waals surface area contributed by atoms with Gasteiger partial charge in [0, 0.05) is 6.42 Å². The minimum absolute atomic E-state index is 0.419. The molecule has 1 aromatic carbocycles. The van der Waals surface area contributed by atoms with Crippen LogP contribution in [0, 0.1) is 0 Å². The highest BCUT2D eigenvalue weighted by atomic mass is 16.1. The van der Waals surface area contributed by atoms with Gasteiger partial charge in [-0.2, -0.15) is 0 Å². The molecule has 81 valence electrons. The molecule has 1 rings (SSSR count). The van der Waals surface area contributed by atoms with Gasteiger partial charge < -0.3 is 0 Å². The number of hydrogen-bond donors (Lipinski definition) is 0. The molecule has 0 heterocycles. The Morgan fingerprint density at radius 2 is 1.53 bits per heavy atom. The molecule has 0 unspecified atom stereocenters. The maximum Gasteiger partial charge on any atom is 0.203 e. The molecule has 15 heavy (non-hydrogen) atoms. The van der Waals surface area contributed by atoms with Crippen molar-refractivity contribution in [1.82, 2.24) is 0 Å². The Morgan fingerprint density at radius 1 is 1.07 bits per heavy atom. The largest absolute Gasteiger partial charge is 0.291 e. The molecule has 0 bridgehead atoms. The second-order valence-electron chi connectivity index (χ2n) is 4.55. The molecule has 1 radical (unpaired) electrons. The Hall–Kier alpha value is -1.11. The zero-order valence-corrected chi connectivity index (χ0v) is 10.0. The predicted octanol–water partition coefficient (Wildman–Crippen LogP) is 3.59. The van der Waals surface area contributed by atoms with Crippen molar-refractivity contribution >= 4 is 6.29 Å². The first-order chi connectivity index (χ1) is 7.07. The Morgan fingerprint density at radius 3 is 1.87 bits per heavy atom. The number of hydrogen-bond acceptors (Lipinski definition) is 1. The fourth-order valence-corrected chi connectivity index (χ4v) is 1.98. The minimum atomic E-state index is 0.419. The second kappa shape index (κ2) is 5.11. The number of rotatable bonds is 4. The van der Waals surface area contributed by atoms with Gasteiger partial charge in [-0.05, 0) is 28.5 Å². The average Bonchev–Trinajstić information content (AvgIpc) is 2.17. The summed E-state index contributed by atoms with van der Waals surface area (Å²) in [4.78, 5) is 10.6. The minimum Gasteiger partial charge on any atom is -0.291 e. The SMILES string of the molecule is CC(C)c1cccc(C(C)C)c1C[C]=O. The summed E-state index contributed by atoms with van der Waals surface area (Å²) in [5, 5.41) is 0. The first-order valence-electron chi connectivity index (χ1n) is 5.54. The van der Waals surface area contributed by atoms with Crippen molar-refractivity contribution in [2.45, 2.75) is 46.0 Å². The summed E-state index contributed by atoms with van der Waals surface area (Å²) in [6.07, 6.45) is 2.44. The van der Waals surface area contributed by atoms with E-state index in [1.54, 1.807) is 0 Å². The van der Waals surface area contributed by atoms with Crippen molar-refractivity contribution in [1.29, 1.82) is 0 Å². The molecule has 1 nitrogen and oxygen atoms in total. The van der Waals surface area contributed by atoms with Crippen LogP contribution in [-0.4, -0.2) is 6.29 Å². The molecule has 0 atom stereocenters. The van der Waals surface area contributed by atoms with Gasteiger partial charge in [0.15, 0.2) is 0 Å². The molecular weight excluding hydrogens is 184 g/mol. The zero-order valence-electron chi connectivity index (χ0n) is 10.0. The van der Waals surface area contributed by atoms with E-state index in [1.165, 1.54) is 16.7 Å². The Labute approximate surface area is 92.5 Å². The second-order valence-corrected chi connectivity index (χ2v) is 4.55. The highest BCUT2D eigenvalue weighted by Gasteiger charge is 2.12. The van der Waals surface area contributed by atoms with Gasteiger partial charge in [0.05, 0.1) is 0 Å². The predicted molar refractivity (Wildman–Crippen MR) is 64.0 cm³/mol. The summed E-state index contributed by atoms with van der Waals surface area (Å²) in [5.74, 6) is 0.930. The van der Waals surface area contributed by atoms with Crippen molar-refractivity contribution in [2.24, 2.45) is 0 Å². The van der Waals surface area contributed by atoms with Crippen LogP contribution in [0.1, 0.15) is 56.2 Å². The lowest BCUT2D eigenvalue weighted by molar-refractivity contribution is 0.554. The van der Waals surface area contributed by atoms with Crippen LogP contribution in [-0.2, 0) is 11.2 Å². The molecule has 1 aromatic rings. The summed E-state index contributed by atoms with van der Waals surface area (Å²) in [6.45, 7) is 8.64. The van der Waals surface area contributed by atoms with Crippen molar-refractivity contribution in [2.75, 3.05) is 0 Å². The van der Waals surface area contributed by atoms with E-state index in [9.17, 15) is 4.79 Å². The van der Waals surface area contributed by atoms with Crippen LogP contribution >= 0.6 is 0 Å². The Bertz CT molecular complexity index is 311. The lowest BCUT2D eigenvalue weighted by Crippen LogP contribution is -2.03. The first-order valence-corrected chi connectivity index (χ1v) is 5.54. The summed E-state index contributed by atoms with van der Waals surface area (Å²) < 4.78 is 0. The van der Waals surface area contributed by atoms with Gasteiger partial charge in [-0.25, -0.2) is 0 Å². The normalized spacial score (nSPS) is 11.1. The smallest absolute Gasteiger partial charge is 0.203 e. The van der Waals surface area contributed by atoms with Crippen LogP contribution in [0.25, 0.3) is 0 Å². The molecule has 0 aliphatic rings. The fourth-order valence-electron chi connectivity index (χ4n) is 1.98. The quantitative estimate of drug-likeness (QED) is 0.731. The third kappa shape index (κ3) is 2.68. The van der Waals surface area contributed by atoms with Crippen LogP contribution in [0.2, 0.25) is 0 Å². The van der Waals surface area contributed by atoms with Gasteiger partial charge in [-0.1, -0.05) is 45.9 Å². The van der Waals surface area contributed by atoms with Crippen molar-refractivity contribution in [3.63, 3.8) is 0 Å². The molecule has 0 fully saturated rings. The third-order valence-corrected chi connectivity index (χ3v) is 2.74. The molecular formula is C14H19O. The molecule has 0 amide bonds. The van der Waals surface area contributed by atoms with Crippen molar-refractivity contribution < 1.29 is 4.79 Å². The molecule has 0 saturated heterocycles. The number of benzene rings is 1. The standard InChI is InChI=1S/C14H19O/c1-10(2)12-6-5-7-13(11(3)4)14(12)8-9-15/h5-7,10-11H,8H2,1-4H3. The highest BCUT2D eigenvalue weighted by molar-refractivity contribution is 5.59. The van der Waals surface area contributed by atoms with Gasteiger partial charge in [0.2, 0.25) is 6.29 Å². The van der Waals surface area contributed by atoms with Gasteiger partial charge in [-0.15, -0.1) is 0 Å². The summed E-state index contributed by atoms with van der Waals surface area (Å²) in [5.41, 5.74) is 3.74. The third-order valence-electron chi connectivity index (χ3n) is 2.74. The average molecular weight is 203 g/mol. The molecule has 0 aliphatic carbocycles. The lowest BCUT2D eigenvalue weighted by atomic mass is 9.87. The van der Waals surface area contributed by atoms with E-state index in [-0.39, 0.29) is 0 Å². The van der Waals surface area contributed by atoms with Crippen LogP contribution in [0.4, 0.5) is 0 Å². The van der Waals surface area contributed by atoms with Crippen molar-refractivity contribution in [3.8, 4) is 0 Å². The first kappa shape index (κ1) is 12.0. The zero-order chi connectivity index (χ0) is 11.4. The molecule has 1 heteroatoms. The number of carbonyl (C=O) groups excluding carboxylic acids is 1. The lowest BCUT2D eigenvalue weighted by Gasteiger charge is -2.17. The van der Waals surface area contributed by atoms with E-state index in [4.69, 9.17) is 0 Å². The fraction of sp³-hybridized carbons (Fsp3) is 0.500. The maximum atomic E-state index is 10.6. The summed E-state index contributed by atoms with van der Waals surface area (Å²) >= 11 is 0. The summed E-state index contributed by atoms with van der Waals surface area (Å²) in [6, 6.07) is 6.31. The monoisotopic (exact) mass is 203 g/mol. The van der Waals surface area contributed by atoms with E-state index >= 15 is 0 Å². The van der Waals surface area contributed by atoms with E-state index in [2.05, 4.69) is 45.9 Å². The Balaban J connectivity index is 3.27. The van der Waals surface area contributed by atoms with Gasteiger partial charge in [0.1, 0.15) is 0 Å². The van der Waals surface area contributed by atoms with E-state index < -0.39 is 0 Å². The molecule has 0 aliphatic heterocycles. The van der Waals surface area contributed by atoms with Gasteiger partial charge in [-0.3, -0.25) is 4.79 Å².